The molecule has 5 rings (SSSR count). The van der Waals surface area contributed by atoms with Gasteiger partial charge in [-0.3, -0.25) is 9.69 Å². The highest BCUT2D eigenvalue weighted by Crippen LogP contribution is 2.33. The van der Waals surface area contributed by atoms with Gasteiger partial charge in [-0.05, 0) is 38.4 Å². The Morgan fingerprint density at radius 2 is 2.15 bits per heavy atom. The van der Waals surface area contributed by atoms with Gasteiger partial charge in [0.25, 0.3) is 0 Å². The number of Topliss-reactive ketones (excluding diaryl/α,β-unsaturated/α-hetero) is 1. The third-order valence-corrected chi connectivity index (χ3v) is 5.72. The molecule has 4 nitrogen and oxygen atoms in total. The minimum absolute atomic E-state index is 0.104. The minimum atomic E-state index is 0.104. The van der Waals surface area contributed by atoms with Crippen LogP contribution in [0, 0.1) is 5.92 Å². The normalized spacial score (nSPS) is 30.8. The number of carbonyl (C=O) groups is 1. The van der Waals surface area contributed by atoms with Gasteiger partial charge in [0, 0.05) is 17.2 Å². The van der Waals surface area contributed by atoms with Gasteiger partial charge >= 0.3 is 0 Å². The van der Waals surface area contributed by atoms with Crippen LogP contribution in [0.5, 0.6) is 0 Å². The fourth-order valence-corrected chi connectivity index (χ4v) is 4.62. The Hall–Kier alpha value is -1.20. The summed E-state index contributed by atoms with van der Waals surface area (Å²) in [6, 6.07) is 0.104. The van der Waals surface area contributed by atoms with Crippen LogP contribution in [0.1, 0.15) is 24.1 Å². The molecular formula is C15H17N3OS. The summed E-state index contributed by atoms with van der Waals surface area (Å²) in [5.41, 5.74) is 2.26. The van der Waals surface area contributed by atoms with E-state index in [0.29, 0.717) is 11.7 Å². The summed E-state index contributed by atoms with van der Waals surface area (Å²) >= 11 is 1.72. The summed E-state index contributed by atoms with van der Waals surface area (Å²) in [4.78, 5) is 23.4. The van der Waals surface area contributed by atoms with E-state index in [1.807, 2.05) is 0 Å². The first-order valence-corrected chi connectivity index (χ1v) is 8.22. The van der Waals surface area contributed by atoms with Crippen molar-refractivity contribution in [2.45, 2.75) is 30.3 Å². The number of allylic oxidation sites excluding steroid dienone is 1. The van der Waals surface area contributed by atoms with Crippen molar-refractivity contribution in [3.63, 3.8) is 0 Å². The van der Waals surface area contributed by atoms with Crippen LogP contribution >= 0.6 is 11.8 Å². The second-order valence-electron chi connectivity index (χ2n) is 5.69. The molecule has 1 aromatic rings. The van der Waals surface area contributed by atoms with Gasteiger partial charge in [-0.1, -0.05) is 6.08 Å². The second-order valence-corrected chi connectivity index (χ2v) is 6.70. The molecule has 0 aromatic carbocycles. The Labute approximate surface area is 122 Å². The van der Waals surface area contributed by atoms with Crippen LogP contribution in [-0.4, -0.2) is 45.5 Å². The Bertz CT molecular complexity index is 578. The van der Waals surface area contributed by atoms with E-state index in [9.17, 15) is 4.79 Å². The molecule has 0 N–H and O–H groups in total. The largest absolute Gasteiger partial charge is 0.298 e. The number of aromatic nitrogens is 2. The molecule has 0 radical (unpaired) electrons. The number of thioether (sulfide) groups is 1. The van der Waals surface area contributed by atoms with E-state index in [-0.39, 0.29) is 6.04 Å². The first-order chi connectivity index (χ1) is 9.83. The zero-order valence-corrected chi connectivity index (χ0v) is 12.1. The standard InChI is InChI=1S/C15H17N3OS/c19-14-10-4-6-18(7-5-10)13(14)8-20-15-11-2-1-3-12(11)16-9-17-15/h1,3,9-10,13H,2,4-8H2. The first-order valence-electron chi connectivity index (χ1n) is 7.24. The maximum atomic E-state index is 12.3. The molecule has 0 spiro atoms. The average Bonchev–Trinajstić information content (AvgIpc) is 2.96. The predicted molar refractivity (Wildman–Crippen MR) is 78.6 cm³/mol. The van der Waals surface area contributed by atoms with Crippen molar-refractivity contribution in [3.05, 3.63) is 23.7 Å². The summed E-state index contributed by atoms with van der Waals surface area (Å²) in [7, 11) is 0. The van der Waals surface area contributed by atoms with Crippen LogP contribution in [0.3, 0.4) is 0 Å². The van der Waals surface area contributed by atoms with E-state index in [1.165, 1.54) is 5.56 Å². The Kier molecular flexibility index (Phi) is 3.11. The molecule has 5 heteroatoms. The van der Waals surface area contributed by atoms with Crippen molar-refractivity contribution in [1.29, 1.82) is 0 Å². The third kappa shape index (κ3) is 2.00. The number of hydrogen-bond donors (Lipinski definition) is 0. The molecule has 0 saturated carbocycles. The zero-order valence-electron chi connectivity index (χ0n) is 11.3. The van der Waals surface area contributed by atoms with E-state index in [4.69, 9.17) is 0 Å². The highest BCUT2D eigenvalue weighted by Gasteiger charge is 2.40. The summed E-state index contributed by atoms with van der Waals surface area (Å²) in [5, 5.41) is 1.05. The zero-order chi connectivity index (χ0) is 13.5. The van der Waals surface area contributed by atoms with E-state index in [0.717, 1.165) is 48.8 Å². The van der Waals surface area contributed by atoms with Crippen molar-refractivity contribution in [2.24, 2.45) is 5.92 Å². The average molecular weight is 287 g/mol. The predicted octanol–water partition coefficient (Wildman–Crippen LogP) is 1.80. The monoisotopic (exact) mass is 287 g/mol. The lowest BCUT2D eigenvalue weighted by atomic mass is 9.83. The number of carbonyl (C=O) groups excluding carboxylic acids is 1. The highest BCUT2D eigenvalue weighted by atomic mass is 32.2. The molecule has 4 heterocycles. The van der Waals surface area contributed by atoms with Gasteiger partial charge in [-0.25, -0.2) is 9.97 Å². The van der Waals surface area contributed by atoms with Crippen molar-refractivity contribution in [2.75, 3.05) is 18.8 Å². The summed E-state index contributed by atoms with van der Waals surface area (Å²) in [5.74, 6) is 1.61. The molecule has 4 aliphatic rings. The molecule has 3 aliphatic heterocycles. The lowest BCUT2D eigenvalue weighted by molar-refractivity contribution is -0.135. The van der Waals surface area contributed by atoms with E-state index in [1.54, 1.807) is 18.1 Å². The lowest BCUT2D eigenvalue weighted by Crippen LogP contribution is -2.56. The fourth-order valence-electron chi connectivity index (χ4n) is 3.45. The van der Waals surface area contributed by atoms with Crippen LogP contribution in [-0.2, 0) is 11.2 Å². The topological polar surface area (TPSA) is 46.1 Å². The van der Waals surface area contributed by atoms with Crippen molar-refractivity contribution >= 4 is 23.6 Å². The molecule has 1 atom stereocenters. The van der Waals surface area contributed by atoms with Gasteiger partial charge in [-0.15, -0.1) is 11.8 Å². The quantitative estimate of drug-likeness (QED) is 0.626. The number of piperidine rings is 3. The van der Waals surface area contributed by atoms with Gasteiger partial charge in [0.15, 0.2) is 5.78 Å². The summed E-state index contributed by atoms with van der Waals surface area (Å²) in [6.45, 7) is 2.18. The molecular weight excluding hydrogens is 270 g/mol. The number of fused-ring (bicyclic) bond motifs is 4. The van der Waals surface area contributed by atoms with Gasteiger partial charge in [-0.2, -0.15) is 0 Å². The number of nitrogens with zero attached hydrogens (tertiary/aromatic N) is 3. The van der Waals surface area contributed by atoms with Gasteiger partial charge < -0.3 is 0 Å². The third-order valence-electron chi connectivity index (χ3n) is 4.62. The molecule has 3 saturated heterocycles. The van der Waals surface area contributed by atoms with Crippen LogP contribution in [0.25, 0.3) is 6.08 Å². The molecule has 1 aliphatic carbocycles. The number of hydrogen-bond acceptors (Lipinski definition) is 5. The maximum Gasteiger partial charge on any atom is 0.153 e. The first kappa shape index (κ1) is 12.5. The Morgan fingerprint density at radius 3 is 2.95 bits per heavy atom. The fraction of sp³-hybridized carbons (Fsp3) is 0.533. The molecule has 1 aromatic heterocycles. The SMILES string of the molecule is O=C1C2CCN(CC2)C1CSc1ncnc2c1CC=C2. The summed E-state index contributed by atoms with van der Waals surface area (Å²) in [6.07, 6.45) is 8.86. The van der Waals surface area contributed by atoms with E-state index in [2.05, 4.69) is 27.0 Å². The molecule has 2 bridgehead atoms. The van der Waals surface area contributed by atoms with Crippen LogP contribution in [0.4, 0.5) is 0 Å². The molecule has 3 fully saturated rings. The van der Waals surface area contributed by atoms with Gasteiger partial charge in [0.2, 0.25) is 0 Å². The minimum Gasteiger partial charge on any atom is -0.298 e. The molecule has 104 valence electrons. The number of ketones is 1. The van der Waals surface area contributed by atoms with Crippen LogP contribution in [0.15, 0.2) is 17.4 Å². The van der Waals surface area contributed by atoms with Crippen molar-refractivity contribution in [3.8, 4) is 0 Å². The molecule has 0 amide bonds. The smallest absolute Gasteiger partial charge is 0.153 e. The van der Waals surface area contributed by atoms with Crippen molar-refractivity contribution < 1.29 is 4.79 Å². The highest BCUT2D eigenvalue weighted by molar-refractivity contribution is 7.99. The van der Waals surface area contributed by atoms with Crippen LogP contribution in [0.2, 0.25) is 0 Å². The summed E-state index contributed by atoms with van der Waals surface area (Å²) < 4.78 is 0. The Morgan fingerprint density at radius 1 is 1.30 bits per heavy atom. The maximum absolute atomic E-state index is 12.3. The van der Waals surface area contributed by atoms with Gasteiger partial charge in [0.05, 0.1) is 11.7 Å². The molecule has 20 heavy (non-hydrogen) atoms. The van der Waals surface area contributed by atoms with Gasteiger partial charge in [0.1, 0.15) is 11.4 Å². The van der Waals surface area contributed by atoms with E-state index < -0.39 is 0 Å². The van der Waals surface area contributed by atoms with Crippen LogP contribution < -0.4 is 0 Å². The van der Waals surface area contributed by atoms with Crippen molar-refractivity contribution in [1.82, 2.24) is 14.9 Å². The number of rotatable bonds is 3. The Balaban J connectivity index is 1.49. The second kappa shape index (κ2) is 4.97. The molecule has 1 unspecified atom stereocenters. The lowest BCUT2D eigenvalue weighted by Gasteiger charge is -2.43. The van der Waals surface area contributed by atoms with E-state index >= 15 is 0 Å².